The van der Waals surface area contributed by atoms with Crippen LogP contribution in [-0.2, 0) is 4.79 Å². The van der Waals surface area contributed by atoms with Crippen LogP contribution in [0, 0.1) is 5.82 Å². The van der Waals surface area contributed by atoms with Crippen LogP contribution in [-0.4, -0.2) is 35.0 Å². The van der Waals surface area contributed by atoms with Crippen molar-refractivity contribution in [3.8, 4) is 5.75 Å². The fraction of sp³-hybridized carbons (Fsp3) is 0.375. The van der Waals surface area contributed by atoms with Crippen molar-refractivity contribution in [2.45, 2.75) is 48.3 Å². The van der Waals surface area contributed by atoms with Crippen LogP contribution in [0.25, 0.3) is 11.8 Å². The largest absolute Gasteiger partial charge is 0.507 e. The van der Waals surface area contributed by atoms with Gasteiger partial charge in [0.05, 0.1) is 5.25 Å². The first-order valence-corrected chi connectivity index (χ1v) is 11.5. The zero-order valence-electron chi connectivity index (χ0n) is 16.7. The molecule has 1 aliphatic carbocycles. The highest BCUT2D eigenvalue weighted by Gasteiger charge is 2.34. The summed E-state index contributed by atoms with van der Waals surface area (Å²) >= 11 is 1.59. The predicted molar refractivity (Wildman–Crippen MR) is 117 cm³/mol. The number of nitrogens with one attached hydrogen (secondary N) is 1. The number of carbonyl (C=O) groups excluding carboxylic acids is 1. The Bertz CT molecular complexity index is 1090. The Morgan fingerprint density at radius 2 is 1.87 bits per heavy atom. The summed E-state index contributed by atoms with van der Waals surface area (Å²) in [6.45, 7) is 2.01. The van der Waals surface area contributed by atoms with Gasteiger partial charge in [0.15, 0.2) is 0 Å². The molecule has 4 nitrogen and oxygen atoms in total. The highest BCUT2D eigenvalue weighted by molar-refractivity contribution is 8.00. The van der Waals surface area contributed by atoms with Crippen molar-refractivity contribution >= 4 is 29.4 Å². The Labute approximate surface area is 179 Å². The van der Waals surface area contributed by atoms with Gasteiger partial charge >= 0.3 is 0 Å². The van der Waals surface area contributed by atoms with E-state index in [0.717, 1.165) is 46.8 Å². The molecule has 1 saturated carbocycles. The first-order valence-electron chi connectivity index (χ1n) is 10.6. The van der Waals surface area contributed by atoms with Crippen LogP contribution >= 0.6 is 11.8 Å². The fourth-order valence-corrected chi connectivity index (χ4v) is 5.56. The molecule has 30 heavy (non-hydrogen) atoms. The summed E-state index contributed by atoms with van der Waals surface area (Å²) in [5, 5.41) is 15.2. The van der Waals surface area contributed by atoms with Crippen LogP contribution in [0.1, 0.15) is 42.9 Å². The maximum Gasteiger partial charge on any atom is 0.249 e. The maximum atomic E-state index is 13.5. The van der Waals surface area contributed by atoms with Crippen LogP contribution in [0.3, 0.4) is 0 Å². The summed E-state index contributed by atoms with van der Waals surface area (Å²) in [6, 6.07) is 10.3. The second-order valence-corrected chi connectivity index (χ2v) is 9.49. The van der Waals surface area contributed by atoms with E-state index in [0.29, 0.717) is 5.57 Å². The molecule has 2 aromatic carbocycles. The Morgan fingerprint density at radius 3 is 2.57 bits per heavy atom. The number of amides is 1. The summed E-state index contributed by atoms with van der Waals surface area (Å²) in [6.07, 6.45) is 7.64. The van der Waals surface area contributed by atoms with E-state index in [2.05, 4.69) is 10.2 Å². The third-order valence-electron chi connectivity index (χ3n) is 5.97. The summed E-state index contributed by atoms with van der Waals surface area (Å²) in [5.41, 5.74) is 1.54. The Kier molecular flexibility index (Phi) is 5.19. The molecule has 2 fully saturated rings. The van der Waals surface area contributed by atoms with E-state index in [1.165, 1.54) is 31.4 Å². The van der Waals surface area contributed by atoms with Gasteiger partial charge in [-0.25, -0.2) is 4.39 Å². The van der Waals surface area contributed by atoms with Crippen molar-refractivity contribution in [3.63, 3.8) is 0 Å². The Morgan fingerprint density at radius 1 is 1.13 bits per heavy atom. The SMILES string of the molecule is O=C(NC1CC1)C1=c2cc(O)c(=CN3CCCCC3)cc2SC1c1ccc(F)cc1. The molecule has 5 rings (SSSR count). The number of piperidine rings is 1. The topological polar surface area (TPSA) is 52.6 Å². The molecule has 0 radical (unpaired) electrons. The first kappa shape index (κ1) is 19.5. The van der Waals surface area contributed by atoms with Crippen molar-refractivity contribution in [1.29, 1.82) is 0 Å². The number of carbonyl (C=O) groups is 1. The van der Waals surface area contributed by atoms with Crippen LogP contribution in [0.4, 0.5) is 4.39 Å². The molecular formula is C24H25FN2O2S. The summed E-state index contributed by atoms with van der Waals surface area (Å²) in [7, 11) is 0. The lowest BCUT2D eigenvalue weighted by molar-refractivity contribution is -0.116. The third-order valence-corrected chi connectivity index (χ3v) is 7.30. The lowest BCUT2D eigenvalue weighted by Crippen LogP contribution is -2.30. The van der Waals surface area contributed by atoms with Gasteiger partial charge in [-0.2, -0.15) is 0 Å². The number of rotatable bonds is 4. The minimum atomic E-state index is -0.292. The zero-order valence-corrected chi connectivity index (χ0v) is 17.6. The van der Waals surface area contributed by atoms with Crippen molar-refractivity contribution in [3.05, 3.63) is 58.2 Å². The molecule has 2 aromatic rings. The van der Waals surface area contributed by atoms with E-state index in [-0.39, 0.29) is 28.8 Å². The van der Waals surface area contributed by atoms with Crippen LogP contribution in [0.5, 0.6) is 5.75 Å². The maximum absolute atomic E-state index is 13.5. The first-order chi connectivity index (χ1) is 14.6. The lowest BCUT2D eigenvalue weighted by Gasteiger charge is -2.24. The fourth-order valence-electron chi connectivity index (χ4n) is 4.17. The molecule has 0 aromatic heterocycles. The quantitative estimate of drug-likeness (QED) is 0.792. The number of halogens is 1. The number of nitrogens with zero attached hydrogens (tertiary/aromatic N) is 1. The molecule has 2 heterocycles. The molecule has 2 N–H and O–H groups in total. The number of phenols is 1. The molecule has 1 saturated heterocycles. The van der Waals surface area contributed by atoms with E-state index < -0.39 is 0 Å². The lowest BCUT2D eigenvalue weighted by atomic mass is 10.0. The van der Waals surface area contributed by atoms with Crippen molar-refractivity contribution in [2.75, 3.05) is 13.1 Å². The molecule has 1 atom stereocenters. The van der Waals surface area contributed by atoms with E-state index in [1.54, 1.807) is 30.0 Å². The second kappa shape index (κ2) is 7.99. The van der Waals surface area contributed by atoms with Crippen LogP contribution in [0.2, 0.25) is 0 Å². The van der Waals surface area contributed by atoms with Crippen molar-refractivity contribution in [1.82, 2.24) is 10.2 Å². The summed E-state index contributed by atoms with van der Waals surface area (Å²) < 4.78 is 13.5. The van der Waals surface area contributed by atoms with Crippen molar-refractivity contribution in [2.24, 2.45) is 0 Å². The average Bonchev–Trinajstić information content (AvgIpc) is 3.48. The number of fused-ring (bicyclic) bond motifs is 1. The van der Waals surface area contributed by atoms with Gasteiger partial charge in [-0.3, -0.25) is 4.79 Å². The van der Waals surface area contributed by atoms with E-state index in [9.17, 15) is 14.3 Å². The molecule has 6 heteroatoms. The number of phenolic OH excluding ortho intramolecular Hbond substituents is 1. The van der Waals surface area contributed by atoms with Gasteiger partial charge in [-0.1, -0.05) is 12.1 Å². The number of thioether (sulfide) groups is 1. The number of aromatic hydroxyl groups is 1. The number of likely N-dealkylation sites (tertiary alicyclic amines) is 1. The van der Waals surface area contributed by atoms with Gasteiger partial charge in [-0.05, 0) is 61.9 Å². The van der Waals surface area contributed by atoms with E-state index in [1.807, 2.05) is 12.3 Å². The normalized spacial score (nSPS) is 21.6. The molecule has 1 unspecified atom stereocenters. The molecule has 156 valence electrons. The van der Waals surface area contributed by atoms with Gasteiger partial charge < -0.3 is 15.3 Å². The number of hydrogen-bond donors (Lipinski definition) is 2. The number of benzene rings is 2. The standard InChI is InChI=1S/C24H25FN2O2S/c25-17-6-4-15(5-7-17)23-22(24(29)26-18-8-9-18)19-13-20(28)16(12-21(19)30-23)14-27-10-2-1-3-11-27/h4-7,12-14,18,23,28H,1-3,8-11H2,(H,26,29). The second-order valence-electron chi connectivity index (χ2n) is 8.34. The molecule has 2 aliphatic heterocycles. The molecule has 3 aliphatic rings. The van der Waals surface area contributed by atoms with Crippen molar-refractivity contribution < 1.29 is 14.3 Å². The molecule has 0 bridgehead atoms. The monoisotopic (exact) mass is 424 g/mol. The predicted octanol–water partition coefficient (Wildman–Crippen LogP) is 3.03. The molecular weight excluding hydrogens is 399 g/mol. The van der Waals surface area contributed by atoms with Crippen LogP contribution in [0.15, 0.2) is 41.3 Å². The molecule has 0 spiro atoms. The van der Waals surface area contributed by atoms with Gasteiger partial charge in [0, 0.05) is 46.2 Å². The highest BCUT2D eigenvalue weighted by atomic mass is 32.2. The van der Waals surface area contributed by atoms with E-state index >= 15 is 0 Å². The van der Waals surface area contributed by atoms with Crippen LogP contribution < -0.4 is 15.8 Å². The average molecular weight is 425 g/mol. The minimum Gasteiger partial charge on any atom is -0.507 e. The summed E-state index contributed by atoms with van der Waals surface area (Å²) in [4.78, 5) is 16.3. The van der Waals surface area contributed by atoms with Gasteiger partial charge in [-0.15, -0.1) is 11.8 Å². The molecule has 1 amide bonds. The van der Waals surface area contributed by atoms with E-state index in [4.69, 9.17) is 0 Å². The van der Waals surface area contributed by atoms with Gasteiger partial charge in [0.1, 0.15) is 11.6 Å². The summed E-state index contributed by atoms with van der Waals surface area (Å²) in [5.74, 6) is -0.194. The van der Waals surface area contributed by atoms with Gasteiger partial charge in [0.2, 0.25) is 5.91 Å². The Hall–Kier alpha value is -2.47. The minimum absolute atomic E-state index is 0.0924. The smallest absolute Gasteiger partial charge is 0.249 e. The Balaban J connectivity index is 1.58. The third kappa shape index (κ3) is 3.93. The van der Waals surface area contributed by atoms with Gasteiger partial charge in [0.25, 0.3) is 0 Å². The number of hydrogen-bond acceptors (Lipinski definition) is 4. The highest BCUT2D eigenvalue weighted by Crippen LogP contribution is 2.44. The zero-order chi connectivity index (χ0) is 20.7.